The van der Waals surface area contributed by atoms with E-state index in [4.69, 9.17) is 18.6 Å². The normalized spacial score (nSPS) is 17.2. The number of hydrogen-bond donors (Lipinski definition) is 1. The van der Waals surface area contributed by atoms with Gasteiger partial charge in [-0.3, -0.25) is 4.79 Å². The Balaban J connectivity index is 1.60. The Labute approximate surface area is 161 Å². The van der Waals surface area contributed by atoms with Gasteiger partial charge in [-0.15, -0.1) is 0 Å². The molecule has 0 fully saturated rings. The summed E-state index contributed by atoms with van der Waals surface area (Å²) in [6, 6.07) is 14.9. The van der Waals surface area contributed by atoms with Gasteiger partial charge in [0.1, 0.15) is 11.9 Å². The molecule has 2 aromatic carbocycles. The van der Waals surface area contributed by atoms with Gasteiger partial charge in [0.05, 0.1) is 25.5 Å². The number of benzene rings is 2. The second-order valence-electron chi connectivity index (χ2n) is 6.56. The molecule has 28 heavy (non-hydrogen) atoms. The summed E-state index contributed by atoms with van der Waals surface area (Å²) in [4.78, 5) is 15.0. The Morgan fingerprint density at radius 2 is 2.07 bits per heavy atom. The average molecular weight is 378 g/mol. The SMILES string of the molecule is COc1cc(C2Nc3ccccc3C(=O)N2Cc2ccco2)cc2c1OCO2. The van der Waals surface area contributed by atoms with Crippen molar-refractivity contribution in [1.29, 1.82) is 0 Å². The third-order valence-corrected chi connectivity index (χ3v) is 4.92. The minimum absolute atomic E-state index is 0.0765. The highest BCUT2D eigenvalue weighted by Crippen LogP contribution is 2.45. The van der Waals surface area contributed by atoms with Gasteiger partial charge in [-0.05, 0) is 36.4 Å². The lowest BCUT2D eigenvalue weighted by atomic mass is 10.0. The molecule has 1 unspecified atom stereocenters. The van der Waals surface area contributed by atoms with Gasteiger partial charge in [-0.2, -0.15) is 0 Å². The first-order valence-electron chi connectivity index (χ1n) is 8.91. The summed E-state index contributed by atoms with van der Waals surface area (Å²) in [7, 11) is 1.58. The van der Waals surface area contributed by atoms with E-state index in [9.17, 15) is 4.79 Å². The first-order valence-corrected chi connectivity index (χ1v) is 8.91. The fourth-order valence-corrected chi connectivity index (χ4v) is 3.60. The van der Waals surface area contributed by atoms with Crippen LogP contribution in [0.2, 0.25) is 0 Å². The molecule has 7 nitrogen and oxygen atoms in total. The van der Waals surface area contributed by atoms with Crippen molar-refractivity contribution >= 4 is 11.6 Å². The van der Waals surface area contributed by atoms with Crippen LogP contribution >= 0.6 is 0 Å². The average Bonchev–Trinajstić information content (AvgIpc) is 3.41. The van der Waals surface area contributed by atoms with Gasteiger partial charge in [0.25, 0.3) is 5.91 Å². The molecular formula is C21H18N2O5. The quantitative estimate of drug-likeness (QED) is 0.745. The van der Waals surface area contributed by atoms with E-state index in [2.05, 4.69) is 5.32 Å². The largest absolute Gasteiger partial charge is 0.493 e. The monoisotopic (exact) mass is 378 g/mol. The highest BCUT2D eigenvalue weighted by molar-refractivity contribution is 6.01. The molecule has 2 aliphatic heterocycles. The van der Waals surface area contributed by atoms with Gasteiger partial charge in [0, 0.05) is 11.3 Å². The van der Waals surface area contributed by atoms with Crippen LogP contribution in [0.5, 0.6) is 17.2 Å². The minimum Gasteiger partial charge on any atom is -0.493 e. The molecule has 1 amide bonds. The maximum absolute atomic E-state index is 13.3. The van der Waals surface area contributed by atoms with Crippen LogP contribution < -0.4 is 19.5 Å². The van der Waals surface area contributed by atoms with Crippen molar-refractivity contribution in [3.05, 3.63) is 71.7 Å². The maximum atomic E-state index is 13.3. The number of methoxy groups -OCH3 is 1. The topological polar surface area (TPSA) is 73.2 Å². The Bertz CT molecular complexity index is 1030. The van der Waals surface area contributed by atoms with E-state index in [-0.39, 0.29) is 12.7 Å². The van der Waals surface area contributed by atoms with Crippen LogP contribution in [0.1, 0.15) is 27.8 Å². The van der Waals surface area contributed by atoms with Gasteiger partial charge in [-0.25, -0.2) is 0 Å². The van der Waals surface area contributed by atoms with Crippen LogP contribution in [-0.4, -0.2) is 24.7 Å². The molecule has 1 atom stereocenters. The van der Waals surface area contributed by atoms with E-state index < -0.39 is 6.17 Å². The van der Waals surface area contributed by atoms with Crippen molar-refractivity contribution in [2.45, 2.75) is 12.7 Å². The van der Waals surface area contributed by atoms with Gasteiger partial charge >= 0.3 is 0 Å². The van der Waals surface area contributed by atoms with Crippen LogP contribution in [0.4, 0.5) is 5.69 Å². The van der Waals surface area contributed by atoms with Crippen molar-refractivity contribution in [2.75, 3.05) is 19.2 Å². The van der Waals surface area contributed by atoms with E-state index in [0.717, 1.165) is 11.3 Å². The van der Waals surface area contributed by atoms with E-state index in [1.807, 2.05) is 48.5 Å². The fourth-order valence-electron chi connectivity index (χ4n) is 3.60. The third-order valence-electron chi connectivity index (χ3n) is 4.92. The van der Waals surface area contributed by atoms with Crippen molar-refractivity contribution < 1.29 is 23.4 Å². The highest BCUT2D eigenvalue weighted by atomic mass is 16.7. The first-order chi connectivity index (χ1) is 13.7. The molecule has 0 saturated heterocycles. The lowest BCUT2D eigenvalue weighted by Gasteiger charge is -2.37. The van der Waals surface area contributed by atoms with Gasteiger partial charge in [-0.1, -0.05) is 12.1 Å². The molecule has 5 rings (SSSR count). The molecule has 1 N–H and O–H groups in total. The third kappa shape index (κ3) is 2.63. The predicted octanol–water partition coefficient (Wildman–Crippen LogP) is 3.78. The number of anilines is 1. The second-order valence-corrected chi connectivity index (χ2v) is 6.56. The van der Waals surface area contributed by atoms with E-state index in [0.29, 0.717) is 35.1 Å². The van der Waals surface area contributed by atoms with Crippen molar-refractivity contribution in [3.8, 4) is 17.2 Å². The molecule has 1 aromatic heterocycles. The highest BCUT2D eigenvalue weighted by Gasteiger charge is 2.35. The number of hydrogen-bond acceptors (Lipinski definition) is 6. The zero-order chi connectivity index (χ0) is 19.1. The number of nitrogens with zero attached hydrogens (tertiary/aromatic N) is 1. The summed E-state index contributed by atoms with van der Waals surface area (Å²) >= 11 is 0. The van der Waals surface area contributed by atoms with Crippen molar-refractivity contribution in [1.82, 2.24) is 4.90 Å². The molecule has 0 radical (unpaired) electrons. The number of furan rings is 1. The Morgan fingerprint density at radius 3 is 2.89 bits per heavy atom. The molecular weight excluding hydrogens is 360 g/mol. The predicted molar refractivity (Wildman–Crippen MR) is 101 cm³/mol. The number of ether oxygens (including phenoxy) is 3. The minimum atomic E-state index is -0.420. The zero-order valence-corrected chi connectivity index (χ0v) is 15.2. The summed E-state index contributed by atoms with van der Waals surface area (Å²) in [5, 5.41) is 3.46. The molecule has 3 heterocycles. The number of rotatable bonds is 4. The van der Waals surface area contributed by atoms with Crippen molar-refractivity contribution in [3.63, 3.8) is 0 Å². The Morgan fingerprint density at radius 1 is 1.18 bits per heavy atom. The number of amides is 1. The smallest absolute Gasteiger partial charge is 0.258 e. The Hall–Kier alpha value is -3.61. The molecule has 3 aromatic rings. The number of carbonyl (C=O) groups excluding carboxylic acids is 1. The zero-order valence-electron chi connectivity index (χ0n) is 15.2. The molecule has 0 aliphatic carbocycles. The molecule has 142 valence electrons. The summed E-state index contributed by atoms with van der Waals surface area (Å²) in [5.41, 5.74) is 2.23. The second kappa shape index (κ2) is 6.53. The molecule has 0 spiro atoms. The first kappa shape index (κ1) is 16.6. The summed E-state index contributed by atoms with van der Waals surface area (Å²) < 4.78 is 22.0. The van der Waals surface area contributed by atoms with Gasteiger partial charge < -0.3 is 28.8 Å². The molecule has 0 saturated carbocycles. The lowest BCUT2D eigenvalue weighted by Crippen LogP contribution is -2.42. The Kier molecular flexibility index (Phi) is 3.86. The van der Waals surface area contributed by atoms with Crippen LogP contribution in [0.15, 0.2) is 59.2 Å². The number of nitrogens with one attached hydrogen (secondary N) is 1. The standard InChI is InChI=1S/C21H18N2O5/c1-25-17-9-13(10-18-19(17)28-12-27-18)20-22-16-7-3-2-6-15(16)21(24)23(20)11-14-5-4-8-26-14/h2-10,20,22H,11-12H2,1H3. The van der Waals surface area contributed by atoms with Crippen LogP contribution in [0, 0.1) is 0 Å². The van der Waals surface area contributed by atoms with Crippen LogP contribution in [0.25, 0.3) is 0 Å². The summed E-state index contributed by atoms with van der Waals surface area (Å²) in [6.07, 6.45) is 1.18. The van der Waals surface area contributed by atoms with Gasteiger partial charge in [0.2, 0.25) is 12.5 Å². The van der Waals surface area contributed by atoms with E-state index in [1.165, 1.54) is 0 Å². The number of fused-ring (bicyclic) bond motifs is 2. The number of para-hydroxylation sites is 1. The molecule has 0 bridgehead atoms. The van der Waals surface area contributed by atoms with Gasteiger partial charge in [0.15, 0.2) is 11.5 Å². The van der Waals surface area contributed by atoms with Crippen LogP contribution in [0.3, 0.4) is 0 Å². The van der Waals surface area contributed by atoms with Crippen LogP contribution in [-0.2, 0) is 6.54 Å². The molecule has 2 aliphatic rings. The fraction of sp³-hybridized carbons (Fsp3) is 0.190. The molecule has 7 heteroatoms. The lowest BCUT2D eigenvalue weighted by molar-refractivity contribution is 0.0651. The van der Waals surface area contributed by atoms with E-state index >= 15 is 0 Å². The summed E-state index contributed by atoms with van der Waals surface area (Å²) in [5.74, 6) is 2.36. The number of carbonyl (C=O) groups is 1. The maximum Gasteiger partial charge on any atom is 0.258 e. The van der Waals surface area contributed by atoms with Crippen molar-refractivity contribution in [2.24, 2.45) is 0 Å². The van der Waals surface area contributed by atoms with E-state index in [1.54, 1.807) is 18.3 Å². The summed E-state index contributed by atoms with van der Waals surface area (Å²) in [6.45, 7) is 0.472.